The number of rotatable bonds is 17. The van der Waals surface area contributed by atoms with E-state index < -0.39 is 48.3 Å². The molecule has 0 aliphatic carbocycles. The fraction of sp³-hybridized carbons (Fsp3) is 0.350. The first-order valence-electron chi connectivity index (χ1n) is 17.2. The molecule has 1 heterocycles. The number of aliphatic hydroxyl groups excluding tert-OH is 2. The summed E-state index contributed by atoms with van der Waals surface area (Å²) in [6, 6.07) is 19.2. The number of aliphatic hydroxyl groups is 2. The molecule has 1 amide bonds. The largest absolute Gasteiger partial charge is 1.00 e. The maximum absolute atomic E-state index is 14.5. The van der Waals surface area contributed by atoms with Gasteiger partial charge >= 0.3 is 41.5 Å². The van der Waals surface area contributed by atoms with Crippen LogP contribution in [0.1, 0.15) is 95.5 Å². The van der Waals surface area contributed by atoms with Crippen LogP contribution in [0.5, 0.6) is 0 Å². The van der Waals surface area contributed by atoms with Crippen LogP contribution in [0.4, 0.5) is 4.39 Å². The van der Waals surface area contributed by atoms with Gasteiger partial charge in [-0.2, -0.15) is 0 Å². The normalized spacial score (nSPS) is 12.1. The number of carboxylic acid groups (broad SMARTS) is 1. The zero-order chi connectivity index (χ0) is 37.9. The van der Waals surface area contributed by atoms with E-state index in [0.29, 0.717) is 33.5 Å². The van der Waals surface area contributed by atoms with E-state index >= 15 is 0 Å². The summed E-state index contributed by atoms with van der Waals surface area (Å²) in [7, 11) is 0. The molecule has 0 saturated carbocycles. The molecular weight excluding hydrogens is 694 g/mol. The van der Waals surface area contributed by atoms with Crippen LogP contribution >= 0.6 is 0 Å². The molecule has 11 nitrogen and oxygen atoms in total. The third-order valence-electron chi connectivity index (χ3n) is 8.36. The number of nitrogens with zero attached hydrogens (tertiary/aromatic N) is 1. The van der Waals surface area contributed by atoms with Crippen molar-refractivity contribution in [3.05, 3.63) is 107 Å². The van der Waals surface area contributed by atoms with Crippen molar-refractivity contribution in [1.82, 2.24) is 9.88 Å². The summed E-state index contributed by atoms with van der Waals surface area (Å²) in [5, 5.41) is 34.9. The summed E-state index contributed by atoms with van der Waals surface area (Å²) < 4.78 is 26.4. The molecule has 4 rings (SSSR count). The third kappa shape index (κ3) is 11.3. The SMILES string of the molecule is CCOC(=O)c1cc(CNC(=O)c2c(-c3ccccc3)c(-c3ccc(F)cc3)c(CC[C@@H](O)C[C@@H](O)CC(=O)[O-])n2C(C)C)cc(C(=O)OCC)c1.[Na+]. The van der Waals surface area contributed by atoms with Crippen molar-refractivity contribution in [1.29, 1.82) is 0 Å². The van der Waals surface area contributed by atoms with Gasteiger partial charge in [0, 0.05) is 41.8 Å². The minimum Gasteiger partial charge on any atom is -0.550 e. The van der Waals surface area contributed by atoms with E-state index in [1.807, 2.05) is 48.7 Å². The summed E-state index contributed by atoms with van der Waals surface area (Å²) in [5.74, 6) is -3.63. The van der Waals surface area contributed by atoms with E-state index in [1.54, 1.807) is 26.0 Å². The molecule has 0 aliphatic heterocycles. The molecule has 0 saturated heterocycles. The molecule has 276 valence electrons. The topological polar surface area (TPSA) is 167 Å². The quantitative estimate of drug-likeness (QED) is 0.109. The molecule has 0 aliphatic rings. The van der Waals surface area contributed by atoms with Crippen LogP contribution in [-0.4, -0.2) is 64.0 Å². The standard InChI is InChI=1S/C40H45FN2O9.Na/c1-5-51-39(49)28-18-25(19-29(20-28)40(50)52-6-2)23-42-38(48)37-36(26-10-8-7-9-11-26)35(27-12-14-30(41)15-13-27)33(43(37)24(3)4)17-16-31(44)21-32(45)22-34(46)47;/h7-15,18-20,24,31-32,44-45H,5-6,16-17,21-23H2,1-4H3,(H,42,48)(H,46,47);/q;+1/p-1/t31-,32-;/m1./s1. The van der Waals surface area contributed by atoms with Gasteiger partial charge in [0.05, 0.1) is 36.5 Å². The minimum atomic E-state index is -1.43. The molecule has 0 radical (unpaired) electrons. The summed E-state index contributed by atoms with van der Waals surface area (Å²) in [6.45, 7) is 7.30. The first-order chi connectivity index (χ1) is 24.8. The van der Waals surface area contributed by atoms with Gasteiger partial charge in [0.2, 0.25) is 0 Å². The van der Waals surface area contributed by atoms with Crippen LogP contribution in [0.25, 0.3) is 22.3 Å². The first-order valence-corrected chi connectivity index (χ1v) is 17.2. The molecular formula is C40H44FN2NaO9. The summed E-state index contributed by atoms with van der Waals surface area (Å²) in [6.07, 6.45) is -2.87. The van der Waals surface area contributed by atoms with Gasteiger partial charge in [-0.25, -0.2) is 14.0 Å². The maximum Gasteiger partial charge on any atom is 1.00 e. The number of aliphatic carboxylic acids is 1. The van der Waals surface area contributed by atoms with E-state index in [9.17, 15) is 38.9 Å². The number of esters is 2. The van der Waals surface area contributed by atoms with Crippen LogP contribution in [0, 0.1) is 5.82 Å². The predicted molar refractivity (Wildman–Crippen MR) is 190 cm³/mol. The van der Waals surface area contributed by atoms with Crippen LogP contribution in [0.2, 0.25) is 0 Å². The summed E-state index contributed by atoms with van der Waals surface area (Å²) in [4.78, 5) is 50.8. The van der Waals surface area contributed by atoms with Crippen molar-refractivity contribution in [3.8, 4) is 22.3 Å². The molecule has 0 unspecified atom stereocenters. The number of benzene rings is 3. The Balaban J connectivity index is 0.00000756. The predicted octanol–water partition coefficient (Wildman–Crippen LogP) is 2.01. The van der Waals surface area contributed by atoms with Crippen molar-refractivity contribution in [2.45, 2.75) is 78.2 Å². The number of carboxylic acids is 1. The van der Waals surface area contributed by atoms with Crippen LogP contribution < -0.4 is 40.0 Å². The van der Waals surface area contributed by atoms with Gasteiger partial charge in [-0.1, -0.05) is 42.5 Å². The average molecular weight is 739 g/mol. The van der Waals surface area contributed by atoms with Gasteiger partial charge in [0.1, 0.15) is 11.5 Å². The van der Waals surface area contributed by atoms with Gasteiger partial charge < -0.3 is 39.5 Å². The molecule has 53 heavy (non-hydrogen) atoms. The Kier molecular flexibility index (Phi) is 16.4. The van der Waals surface area contributed by atoms with E-state index in [4.69, 9.17) is 9.47 Å². The second-order valence-electron chi connectivity index (χ2n) is 12.6. The Bertz CT molecular complexity index is 1840. The molecule has 0 bridgehead atoms. The van der Waals surface area contributed by atoms with Gasteiger partial charge in [-0.15, -0.1) is 0 Å². The van der Waals surface area contributed by atoms with Crippen molar-refractivity contribution in [3.63, 3.8) is 0 Å². The Morgan fingerprint density at radius 2 is 1.40 bits per heavy atom. The number of carbonyl (C=O) groups excluding carboxylic acids is 4. The van der Waals surface area contributed by atoms with E-state index in [1.165, 1.54) is 30.3 Å². The van der Waals surface area contributed by atoms with E-state index in [-0.39, 0.29) is 91.4 Å². The molecule has 0 fully saturated rings. The summed E-state index contributed by atoms with van der Waals surface area (Å²) >= 11 is 0. The molecule has 13 heteroatoms. The Labute approximate surface area is 330 Å². The molecule has 0 spiro atoms. The van der Waals surface area contributed by atoms with Crippen molar-refractivity contribution in [2.75, 3.05) is 13.2 Å². The smallest absolute Gasteiger partial charge is 0.550 e. The fourth-order valence-corrected chi connectivity index (χ4v) is 6.23. The zero-order valence-corrected chi connectivity index (χ0v) is 32.7. The van der Waals surface area contributed by atoms with Crippen LogP contribution in [0.15, 0.2) is 72.8 Å². The second-order valence-corrected chi connectivity index (χ2v) is 12.6. The van der Waals surface area contributed by atoms with Gasteiger partial charge in [0.25, 0.3) is 5.91 Å². The molecule has 2 atom stereocenters. The molecule has 1 aromatic heterocycles. The van der Waals surface area contributed by atoms with Crippen molar-refractivity contribution < 1.29 is 77.9 Å². The third-order valence-corrected chi connectivity index (χ3v) is 8.36. The first kappa shape index (κ1) is 43.1. The molecule has 3 N–H and O–H groups in total. The van der Waals surface area contributed by atoms with E-state index in [2.05, 4.69) is 5.32 Å². The number of hydrogen-bond acceptors (Lipinski definition) is 9. The Hall–Kier alpha value is -4.33. The van der Waals surface area contributed by atoms with Gasteiger partial charge in [0.15, 0.2) is 0 Å². The number of ether oxygens (including phenoxy) is 2. The van der Waals surface area contributed by atoms with Crippen LogP contribution in [0.3, 0.4) is 0 Å². The maximum atomic E-state index is 14.5. The minimum absolute atomic E-state index is 0. The van der Waals surface area contributed by atoms with Gasteiger partial charge in [-0.05, 0) is 94.0 Å². The number of amides is 1. The number of halogens is 1. The number of hydrogen-bond donors (Lipinski definition) is 3. The molecule has 4 aromatic rings. The molecule has 3 aromatic carbocycles. The number of nitrogens with one attached hydrogen (secondary N) is 1. The Morgan fingerprint density at radius 1 is 0.830 bits per heavy atom. The fourth-order valence-electron chi connectivity index (χ4n) is 6.23. The Morgan fingerprint density at radius 3 is 1.92 bits per heavy atom. The second kappa shape index (κ2) is 20.2. The monoisotopic (exact) mass is 738 g/mol. The van der Waals surface area contributed by atoms with Crippen molar-refractivity contribution >= 4 is 23.8 Å². The number of aromatic nitrogens is 1. The number of carbonyl (C=O) groups is 4. The van der Waals surface area contributed by atoms with E-state index in [0.717, 1.165) is 0 Å². The summed E-state index contributed by atoms with van der Waals surface area (Å²) in [5.41, 5.74) is 4.16. The average Bonchev–Trinajstić information content (AvgIpc) is 3.45. The van der Waals surface area contributed by atoms with Crippen molar-refractivity contribution in [2.24, 2.45) is 0 Å². The van der Waals surface area contributed by atoms with Gasteiger partial charge in [-0.3, -0.25) is 4.79 Å². The van der Waals surface area contributed by atoms with Crippen LogP contribution in [-0.2, 0) is 27.2 Å². The zero-order valence-electron chi connectivity index (χ0n) is 30.7.